The smallest absolute Gasteiger partial charge is 0.258 e. The van der Waals surface area contributed by atoms with Gasteiger partial charge in [0.2, 0.25) is 5.82 Å². The van der Waals surface area contributed by atoms with Gasteiger partial charge in [-0.1, -0.05) is 11.2 Å². The van der Waals surface area contributed by atoms with E-state index in [2.05, 4.69) is 10.1 Å². The van der Waals surface area contributed by atoms with Crippen LogP contribution in [0.1, 0.15) is 11.1 Å². The summed E-state index contributed by atoms with van der Waals surface area (Å²) in [5.41, 5.74) is 2.65. The van der Waals surface area contributed by atoms with E-state index in [9.17, 15) is 9.50 Å². The number of nitrogens with zero attached hydrogens (tertiary/aromatic N) is 2. The molecule has 0 spiro atoms. The van der Waals surface area contributed by atoms with Gasteiger partial charge in [-0.2, -0.15) is 4.98 Å². The first-order valence-electron chi connectivity index (χ1n) is 6.45. The van der Waals surface area contributed by atoms with Crippen molar-refractivity contribution in [3.8, 4) is 28.6 Å². The predicted molar refractivity (Wildman–Crippen MR) is 76.3 cm³/mol. The van der Waals surface area contributed by atoms with Crippen molar-refractivity contribution in [2.24, 2.45) is 0 Å². The molecule has 3 aromatic rings. The Morgan fingerprint density at radius 1 is 1.14 bits per heavy atom. The van der Waals surface area contributed by atoms with Crippen LogP contribution in [0.5, 0.6) is 5.75 Å². The Morgan fingerprint density at radius 3 is 2.71 bits per heavy atom. The number of phenolic OH excluding ortho intramolecular Hbond substituents is 1. The minimum atomic E-state index is -0.343. The highest BCUT2D eigenvalue weighted by Crippen LogP contribution is 2.29. The number of hydrogen-bond acceptors (Lipinski definition) is 4. The number of halogens is 1. The van der Waals surface area contributed by atoms with E-state index >= 15 is 0 Å². The maximum atomic E-state index is 13.4. The van der Waals surface area contributed by atoms with Crippen LogP contribution in [0.15, 0.2) is 40.9 Å². The van der Waals surface area contributed by atoms with Crippen LogP contribution in [0.2, 0.25) is 0 Å². The van der Waals surface area contributed by atoms with E-state index in [1.54, 1.807) is 38.1 Å². The number of aryl methyl sites for hydroxylation is 1. The molecule has 0 aliphatic rings. The highest BCUT2D eigenvalue weighted by atomic mass is 19.1. The zero-order valence-corrected chi connectivity index (χ0v) is 11.6. The normalized spacial score (nSPS) is 10.8. The molecule has 1 N–H and O–H groups in total. The summed E-state index contributed by atoms with van der Waals surface area (Å²) in [6.07, 6.45) is 0. The minimum absolute atomic E-state index is 0.161. The third-order valence-corrected chi connectivity index (χ3v) is 3.26. The fourth-order valence-electron chi connectivity index (χ4n) is 2.17. The Kier molecular flexibility index (Phi) is 3.17. The molecule has 106 valence electrons. The summed E-state index contributed by atoms with van der Waals surface area (Å²) in [6.45, 7) is 3.56. The zero-order valence-electron chi connectivity index (χ0n) is 11.6. The van der Waals surface area contributed by atoms with Crippen molar-refractivity contribution in [2.45, 2.75) is 13.8 Å². The highest BCUT2D eigenvalue weighted by molar-refractivity contribution is 5.65. The van der Waals surface area contributed by atoms with E-state index in [0.717, 1.165) is 5.56 Å². The van der Waals surface area contributed by atoms with Crippen LogP contribution in [-0.2, 0) is 0 Å². The predicted octanol–water partition coefficient (Wildman–Crippen LogP) is 3.87. The molecule has 0 aliphatic heterocycles. The van der Waals surface area contributed by atoms with Crippen LogP contribution in [-0.4, -0.2) is 15.2 Å². The van der Waals surface area contributed by atoms with E-state index < -0.39 is 0 Å². The Hall–Kier alpha value is -2.69. The van der Waals surface area contributed by atoms with Gasteiger partial charge in [0.1, 0.15) is 11.6 Å². The van der Waals surface area contributed by atoms with Gasteiger partial charge in [-0.3, -0.25) is 0 Å². The maximum absolute atomic E-state index is 13.4. The second kappa shape index (κ2) is 5.01. The summed E-state index contributed by atoms with van der Waals surface area (Å²) in [4.78, 5) is 4.28. The summed E-state index contributed by atoms with van der Waals surface area (Å²) < 4.78 is 18.7. The van der Waals surface area contributed by atoms with Crippen molar-refractivity contribution in [3.05, 3.63) is 53.3 Å². The van der Waals surface area contributed by atoms with Crippen LogP contribution < -0.4 is 0 Å². The molecule has 1 aromatic heterocycles. The minimum Gasteiger partial charge on any atom is -0.508 e. The Bertz CT molecular complexity index is 792. The van der Waals surface area contributed by atoms with E-state index in [1.165, 1.54) is 12.1 Å². The average Bonchev–Trinajstić information content (AvgIpc) is 2.90. The molecule has 0 saturated heterocycles. The second-order valence-electron chi connectivity index (χ2n) is 4.89. The van der Waals surface area contributed by atoms with Gasteiger partial charge in [0.15, 0.2) is 0 Å². The molecule has 0 saturated carbocycles. The topological polar surface area (TPSA) is 59.2 Å². The van der Waals surface area contributed by atoms with Gasteiger partial charge >= 0.3 is 0 Å². The number of hydrogen-bond donors (Lipinski definition) is 1. The van der Waals surface area contributed by atoms with Crippen LogP contribution in [0.3, 0.4) is 0 Å². The van der Waals surface area contributed by atoms with Crippen molar-refractivity contribution in [1.82, 2.24) is 10.1 Å². The lowest BCUT2D eigenvalue weighted by atomic mass is 10.1. The summed E-state index contributed by atoms with van der Waals surface area (Å²) in [6, 6.07) is 9.65. The van der Waals surface area contributed by atoms with Crippen molar-refractivity contribution in [2.75, 3.05) is 0 Å². The van der Waals surface area contributed by atoms with Crippen molar-refractivity contribution in [3.63, 3.8) is 0 Å². The number of benzene rings is 2. The molecule has 2 aromatic carbocycles. The number of phenols is 1. The van der Waals surface area contributed by atoms with E-state index in [0.29, 0.717) is 28.4 Å². The zero-order chi connectivity index (χ0) is 15.0. The maximum Gasteiger partial charge on any atom is 0.258 e. The molecule has 1 heterocycles. The Labute approximate surface area is 120 Å². The molecule has 3 rings (SSSR count). The molecule has 0 fully saturated rings. The largest absolute Gasteiger partial charge is 0.508 e. The van der Waals surface area contributed by atoms with Gasteiger partial charge < -0.3 is 9.63 Å². The van der Waals surface area contributed by atoms with E-state index in [-0.39, 0.29) is 11.6 Å². The van der Waals surface area contributed by atoms with Crippen LogP contribution in [0, 0.1) is 19.7 Å². The fourth-order valence-corrected chi connectivity index (χ4v) is 2.17. The molecule has 0 unspecified atom stereocenters. The number of aromatic hydroxyl groups is 1. The van der Waals surface area contributed by atoms with Crippen LogP contribution in [0.25, 0.3) is 22.8 Å². The molecule has 4 nitrogen and oxygen atoms in total. The third kappa shape index (κ3) is 2.50. The lowest BCUT2D eigenvalue weighted by Gasteiger charge is -2.02. The number of rotatable bonds is 2. The summed E-state index contributed by atoms with van der Waals surface area (Å²) in [5.74, 6) is 0.425. The molecule has 0 aliphatic carbocycles. The first-order chi connectivity index (χ1) is 10.0. The Morgan fingerprint density at radius 2 is 1.95 bits per heavy atom. The molecule has 0 atom stereocenters. The monoisotopic (exact) mass is 284 g/mol. The second-order valence-corrected chi connectivity index (χ2v) is 4.89. The Balaban J connectivity index is 2.06. The summed E-state index contributed by atoms with van der Waals surface area (Å²) >= 11 is 0. The van der Waals surface area contributed by atoms with Gasteiger partial charge in [-0.05, 0) is 49.7 Å². The molecule has 0 bridgehead atoms. The summed E-state index contributed by atoms with van der Waals surface area (Å²) in [7, 11) is 0. The SMILES string of the molecule is Cc1cc(F)cc(-c2noc(-c3cccc(O)c3C)n2)c1. The molecular formula is C16H13FN2O2. The average molecular weight is 284 g/mol. The van der Waals surface area contributed by atoms with Gasteiger partial charge in [0, 0.05) is 16.7 Å². The quantitative estimate of drug-likeness (QED) is 0.776. The molecular weight excluding hydrogens is 271 g/mol. The first-order valence-corrected chi connectivity index (χ1v) is 6.45. The standard InChI is InChI=1S/C16H13FN2O2/c1-9-6-11(8-12(17)7-9)15-18-16(21-19-15)13-4-3-5-14(20)10(13)2/h3-8,20H,1-2H3. The molecule has 0 amide bonds. The highest BCUT2D eigenvalue weighted by Gasteiger charge is 2.14. The molecule has 0 radical (unpaired) electrons. The number of aromatic nitrogens is 2. The summed E-state index contributed by atoms with van der Waals surface area (Å²) in [5, 5.41) is 13.6. The lowest BCUT2D eigenvalue weighted by Crippen LogP contribution is -1.86. The van der Waals surface area contributed by atoms with Gasteiger partial charge in [0.25, 0.3) is 5.89 Å². The van der Waals surface area contributed by atoms with E-state index in [1.807, 2.05) is 0 Å². The van der Waals surface area contributed by atoms with Gasteiger partial charge in [0.05, 0.1) is 0 Å². The van der Waals surface area contributed by atoms with Crippen LogP contribution >= 0.6 is 0 Å². The van der Waals surface area contributed by atoms with Gasteiger partial charge in [-0.15, -0.1) is 0 Å². The van der Waals surface area contributed by atoms with Gasteiger partial charge in [-0.25, -0.2) is 4.39 Å². The fraction of sp³-hybridized carbons (Fsp3) is 0.125. The van der Waals surface area contributed by atoms with Crippen molar-refractivity contribution < 1.29 is 14.0 Å². The molecule has 21 heavy (non-hydrogen) atoms. The van der Waals surface area contributed by atoms with Crippen molar-refractivity contribution in [1.29, 1.82) is 0 Å². The van der Waals surface area contributed by atoms with Crippen molar-refractivity contribution >= 4 is 0 Å². The third-order valence-electron chi connectivity index (χ3n) is 3.26. The molecule has 5 heteroatoms. The van der Waals surface area contributed by atoms with E-state index in [4.69, 9.17) is 4.52 Å². The van der Waals surface area contributed by atoms with Crippen LogP contribution in [0.4, 0.5) is 4.39 Å². The first kappa shape index (κ1) is 13.3. The lowest BCUT2D eigenvalue weighted by molar-refractivity contribution is 0.430.